The number of rotatable bonds is 5. The molecule has 1 saturated heterocycles. The van der Waals surface area contributed by atoms with Gasteiger partial charge in [-0.3, -0.25) is 0 Å². The molecule has 2 fully saturated rings. The highest BCUT2D eigenvalue weighted by Gasteiger charge is 2.57. The number of methoxy groups -OCH3 is 1. The number of aliphatic hydroxyl groups excluding tert-OH is 1. The van der Waals surface area contributed by atoms with E-state index in [9.17, 15) is 10.4 Å². The lowest BCUT2D eigenvalue weighted by Gasteiger charge is -2.62. The molecule has 7 heteroatoms. The number of nitriles is 1. The van der Waals surface area contributed by atoms with Crippen molar-refractivity contribution in [2.75, 3.05) is 24.3 Å². The van der Waals surface area contributed by atoms with Crippen molar-refractivity contribution in [2.24, 2.45) is 0 Å². The first kappa shape index (κ1) is 22.0. The van der Waals surface area contributed by atoms with Gasteiger partial charge in [-0.05, 0) is 74.0 Å². The largest absolute Gasteiger partial charge is 0.467 e. The van der Waals surface area contributed by atoms with Gasteiger partial charge in [-0.2, -0.15) is 15.2 Å². The van der Waals surface area contributed by atoms with Crippen LogP contribution < -0.4 is 15.4 Å². The van der Waals surface area contributed by atoms with E-state index in [2.05, 4.69) is 30.9 Å². The highest BCUT2D eigenvalue weighted by Crippen LogP contribution is 2.51. The molecule has 1 saturated carbocycles. The summed E-state index contributed by atoms with van der Waals surface area (Å²) in [5.41, 5.74) is 11.7. The van der Waals surface area contributed by atoms with Crippen LogP contribution >= 0.6 is 0 Å². The second kappa shape index (κ2) is 8.18. The quantitative estimate of drug-likeness (QED) is 0.671. The molecule has 0 bridgehead atoms. The lowest BCUT2D eigenvalue weighted by Crippen LogP contribution is -2.74. The van der Waals surface area contributed by atoms with Crippen LogP contribution in [0.2, 0.25) is 0 Å². The van der Waals surface area contributed by atoms with Crippen LogP contribution in [0, 0.1) is 11.3 Å². The summed E-state index contributed by atoms with van der Waals surface area (Å²) >= 11 is 0. The van der Waals surface area contributed by atoms with Crippen molar-refractivity contribution in [3.8, 4) is 12.1 Å². The van der Waals surface area contributed by atoms with Crippen molar-refractivity contribution in [2.45, 2.75) is 82.3 Å². The van der Waals surface area contributed by atoms with E-state index >= 15 is 0 Å². The molecular weight excluding hydrogens is 414 g/mol. The van der Waals surface area contributed by atoms with E-state index in [4.69, 9.17) is 20.4 Å². The molecule has 1 aromatic carbocycles. The van der Waals surface area contributed by atoms with Crippen molar-refractivity contribution in [3.05, 3.63) is 40.1 Å². The molecule has 0 amide bonds. The first-order chi connectivity index (χ1) is 15.9. The molecule has 1 spiro atoms. The van der Waals surface area contributed by atoms with E-state index in [1.807, 2.05) is 6.07 Å². The molecule has 3 atom stereocenters. The lowest BCUT2D eigenvalue weighted by molar-refractivity contribution is -0.0275. The summed E-state index contributed by atoms with van der Waals surface area (Å²) in [7, 11) is 1.60. The number of nitrogens with zero attached hydrogens (tertiary/aromatic N) is 4. The van der Waals surface area contributed by atoms with Crippen LogP contribution in [0.15, 0.2) is 12.1 Å². The van der Waals surface area contributed by atoms with Gasteiger partial charge >= 0.3 is 6.01 Å². The van der Waals surface area contributed by atoms with Crippen molar-refractivity contribution in [1.29, 1.82) is 5.26 Å². The third-order valence-corrected chi connectivity index (χ3v) is 8.38. The maximum atomic E-state index is 10.5. The Morgan fingerprint density at radius 3 is 2.76 bits per heavy atom. The van der Waals surface area contributed by atoms with E-state index in [0.29, 0.717) is 29.7 Å². The smallest absolute Gasteiger partial charge is 0.318 e. The zero-order valence-electron chi connectivity index (χ0n) is 19.8. The van der Waals surface area contributed by atoms with E-state index in [1.165, 1.54) is 5.56 Å². The second-order valence-electron chi connectivity index (χ2n) is 9.94. The number of aliphatic hydroxyl groups is 1. The topological polar surface area (TPSA) is 108 Å². The zero-order chi connectivity index (χ0) is 23.3. The monoisotopic (exact) mass is 447 g/mol. The highest BCUT2D eigenvalue weighted by atomic mass is 16.5. The molecule has 174 valence electrons. The Morgan fingerprint density at radius 1 is 1.36 bits per heavy atom. The van der Waals surface area contributed by atoms with E-state index in [-0.39, 0.29) is 17.6 Å². The Balaban J connectivity index is 1.56. The van der Waals surface area contributed by atoms with Gasteiger partial charge in [-0.1, -0.05) is 19.9 Å². The minimum Gasteiger partial charge on any atom is -0.467 e. The van der Waals surface area contributed by atoms with Gasteiger partial charge < -0.3 is 20.5 Å². The number of hydrogen-bond acceptors (Lipinski definition) is 7. The predicted molar refractivity (Wildman–Crippen MR) is 128 cm³/mol. The molecule has 3 aliphatic rings. The Kier molecular flexibility index (Phi) is 5.44. The van der Waals surface area contributed by atoms with Gasteiger partial charge in [0.1, 0.15) is 11.9 Å². The number of β-amino-alcohol motifs (C(OH)–C–C–N with tert-alkyl or cyclic N) is 1. The summed E-state index contributed by atoms with van der Waals surface area (Å²) in [5.74, 6) is 1.45. The van der Waals surface area contributed by atoms with Crippen LogP contribution in [0.1, 0.15) is 85.7 Å². The van der Waals surface area contributed by atoms with Crippen molar-refractivity contribution in [3.63, 3.8) is 0 Å². The van der Waals surface area contributed by atoms with Gasteiger partial charge in [0, 0.05) is 17.8 Å². The Morgan fingerprint density at radius 2 is 2.15 bits per heavy atom. The molecule has 1 aliphatic heterocycles. The van der Waals surface area contributed by atoms with E-state index in [1.54, 1.807) is 7.11 Å². The van der Waals surface area contributed by atoms with Crippen molar-refractivity contribution >= 4 is 11.5 Å². The summed E-state index contributed by atoms with van der Waals surface area (Å²) in [6, 6.07) is 6.73. The number of nitrogen functional groups attached to an aromatic ring is 1. The molecule has 3 N–H and O–H groups in total. The average Bonchev–Trinajstić information content (AvgIpc) is 2.79. The van der Waals surface area contributed by atoms with Gasteiger partial charge in [0.15, 0.2) is 0 Å². The van der Waals surface area contributed by atoms with Crippen LogP contribution in [0.25, 0.3) is 0 Å². The van der Waals surface area contributed by atoms with Gasteiger partial charge in [0.25, 0.3) is 0 Å². The molecule has 5 rings (SSSR count). The number of hydrogen-bond donors (Lipinski definition) is 2. The number of fused-ring (bicyclic) bond motifs is 1. The molecule has 0 radical (unpaired) electrons. The number of ether oxygens (including phenoxy) is 1. The molecule has 2 aromatic rings. The van der Waals surface area contributed by atoms with Crippen LogP contribution in [-0.4, -0.2) is 40.4 Å². The fourth-order valence-corrected chi connectivity index (χ4v) is 6.03. The molecule has 1 aromatic heterocycles. The standard InChI is InChI=1S/C26H33N5O2/c1-4-15(2)17-8-9-20(28)19(13-27)23(17)16-6-7-18-21(12-16)29-25(33-3)30-24(18)31-14-22(32)26(31)10-5-11-26/h8-9,15-16,22,32H,4-7,10-12,14,28H2,1-3H3/t15-,16?,22?/m0/s1. The van der Waals surface area contributed by atoms with Gasteiger partial charge in [-0.15, -0.1) is 0 Å². The number of nitrogens with two attached hydrogens (primary N) is 1. The molecule has 2 aliphatic carbocycles. The normalized spacial score (nSPS) is 23.8. The summed E-state index contributed by atoms with van der Waals surface area (Å²) in [5, 5.41) is 20.5. The summed E-state index contributed by atoms with van der Waals surface area (Å²) in [4.78, 5) is 11.8. The Hall–Kier alpha value is -2.85. The number of aromatic nitrogens is 2. The van der Waals surface area contributed by atoms with Crippen LogP contribution in [0.5, 0.6) is 6.01 Å². The SMILES string of the molecule is CC[C@H](C)c1ccc(N)c(C#N)c1C1CCc2c(nc(OC)nc2N2CC(O)C23CCC3)C1. The molecule has 33 heavy (non-hydrogen) atoms. The minimum atomic E-state index is -0.289. The van der Waals surface area contributed by atoms with Gasteiger partial charge in [0.2, 0.25) is 0 Å². The summed E-state index contributed by atoms with van der Waals surface area (Å²) in [6.45, 7) is 5.00. The van der Waals surface area contributed by atoms with Gasteiger partial charge in [0.05, 0.1) is 30.0 Å². The van der Waals surface area contributed by atoms with Crippen molar-refractivity contribution < 1.29 is 9.84 Å². The molecule has 7 nitrogen and oxygen atoms in total. The summed E-state index contributed by atoms with van der Waals surface area (Å²) < 4.78 is 5.49. The fraction of sp³-hybridized carbons (Fsp3) is 0.577. The molecule has 2 heterocycles. The van der Waals surface area contributed by atoms with Crippen LogP contribution in [0.4, 0.5) is 11.5 Å². The highest BCUT2D eigenvalue weighted by molar-refractivity contribution is 5.63. The maximum Gasteiger partial charge on any atom is 0.318 e. The predicted octanol–water partition coefficient (Wildman–Crippen LogP) is 3.83. The van der Waals surface area contributed by atoms with Crippen LogP contribution in [0.3, 0.4) is 0 Å². The summed E-state index contributed by atoms with van der Waals surface area (Å²) in [6.07, 6.45) is 6.35. The third kappa shape index (κ3) is 3.26. The first-order valence-corrected chi connectivity index (χ1v) is 12.1. The Labute approximate surface area is 195 Å². The minimum absolute atomic E-state index is 0.157. The second-order valence-corrected chi connectivity index (χ2v) is 9.94. The number of anilines is 2. The van der Waals surface area contributed by atoms with Gasteiger partial charge in [-0.25, -0.2) is 0 Å². The first-order valence-electron chi connectivity index (χ1n) is 12.1. The van der Waals surface area contributed by atoms with E-state index < -0.39 is 0 Å². The lowest BCUT2D eigenvalue weighted by atomic mass is 9.65. The average molecular weight is 448 g/mol. The number of benzene rings is 1. The molecular formula is C26H33N5O2. The fourth-order valence-electron chi connectivity index (χ4n) is 6.03. The van der Waals surface area contributed by atoms with Crippen molar-refractivity contribution in [1.82, 2.24) is 9.97 Å². The Bertz CT molecular complexity index is 1120. The molecule has 2 unspecified atom stereocenters. The zero-order valence-corrected chi connectivity index (χ0v) is 19.8. The third-order valence-electron chi connectivity index (χ3n) is 8.38. The van der Waals surface area contributed by atoms with E-state index in [0.717, 1.165) is 67.6 Å². The maximum absolute atomic E-state index is 10.5. The van der Waals surface area contributed by atoms with Crippen LogP contribution in [-0.2, 0) is 12.8 Å².